The lowest BCUT2D eigenvalue weighted by Crippen LogP contribution is -2.35. The van der Waals surface area contributed by atoms with Crippen molar-refractivity contribution >= 4 is 34.4 Å². The number of amides is 1. The summed E-state index contributed by atoms with van der Waals surface area (Å²) in [7, 11) is 0. The highest BCUT2D eigenvalue weighted by molar-refractivity contribution is 8.00. The Hall–Kier alpha value is -3.23. The van der Waals surface area contributed by atoms with E-state index in [1.54, 1.807) is 6.20 Å². The van der Waals surface area contributed by atoms with Crippen molar-refractivity contribution in [3.8, 4) is 0 Å². The van der Waals surface area contributed by atoms with Crippen LogP contribution in [0, 0.1) is 0 Å². The van der Waals surface area contributed by atoms with Gasteiger partial charge in [0.15, 0.2) is 0 Å². The Bertz CT molecular complexity index is 1290. The number of hydrogen-bond donors (Lipinski definition) is 1. The second-order valence-electron chi connectivity index (χ2n) is 9.11. The number of rotatable bonds is 6. The molecular weight excluding hydrogens is 478 g/mol. The van der Waals surface area contributed by atoms with E-state index in [4.69, 9.17) is 0 Å². The van der Waals surface area contributed by atoms with E-state index in [1.165, 1.54) is 18.0 Å². The lowest BCUT2D eigenvalue weighted by Gasteiger charge is -2.24. The number of nitrogens with one attached hydrogen (secondary N) is 1. The third-order valence-corrected chi connectivity index (χ3v) is 7.34. The SMILES string of the molecule is O=C(c1ccc(NSc2cccc3cccnc23)cc1)N1CCCN(CC2=CC(F)=CC(F)C2)CC1. The number of fused-ring (bicyclic) bond motifs is 1. The summed E-state index contributed by atoms with van der Waals surface area (Å²) in [5.41, 5.74) is 3.26. The van der Waals surface area contributed by atoms with Crippen LogP contribution < -0.4 is 4.72 Å². The molecule has 1 atom stereocenters. The molecule has 0 bridgehead atoms. The number of pyridine rings is 1. The first-order valence-corrected chi connectivity index (χ1v) is 13.0. The van der Waals surface area contributed by atoms with Gasteiger partial charge in [0.25, 0.3) is 5.91 Å². The largest absolute Gasteiger partial charge is 0.337 e. The molecule has 36 heavy (non-hydrogen) atoms. The molecule has 0 saturated carbocycles. The minimum Gasteiger partial charge on any atom is -0.337 e. The summed E-state index contributed by atoms with van der Waals surface area (Å²) in [5.74, 6) is -0.496. The number of carbonyl (C=O) groups is 1. The van der Waals surface area contributed by atoms with Gasteiger partial charge in [-0.25, -0.2) is 8.78 Å². The number of nitrogens with zero attached hydrogens (tertiary/aromatic N) is 3. The lowest BCUT2D eigenvalue weighted by molar-refractivity contribution is 0.0762. The third kappa shape index (κ3) is 5.94. The summed E-state index contributed by atoms with van der Waals surface area (Å²) < 4.78 is 30.6. The molecular formula is C28H28F2N4OS. The number of alkyl halides is 1. The fraction of sp³-hybridized carbons (Fsp3) is 0.286. The van der Waals surface area contributed by atoms with Crippen LogP contribution in [0.5, 0.6) is 0 Å². The molecule has 1 fully saturated rings. The summed E-state index contributed by atoms with van der Waals surface area (Å²) >= 11 is 1.49. The maximum Gasteiger partial charge on any atom is 0.253 e. The molecule has 1 amide bonds. The Morgan fingerprint density at radius 3 is 2.72 bits per heavy atom. The Labute approximate surface area is 214 Å². The van der Waals surface area contributed by atoms with Crippen molar-refractivity contribution < 1.29 is 13.6 Å². The van der Waals surface area contributed by atoms with Gasteiger partial charge >= 0.3 is 0 Å². The van der Waals surface area contributed by atoms with E-state index in [2.05, 4.69) is 14.6 Å². The summed E-state index contributed by atoms with van der Waals surface area (Å²) in [6, 6.07) is 17.6. The van der Waals surface area contributed by atoms with Gasteiger partial charge in [-0.1, -0.05) is 23.8 Å². The maximum absolute atomic E-state index is 13.7. The van der Waals surface area contributed by atoms with Gasteiger partial charge in [-0.05, 0) is 66.9 Å². The Balaban J connectivity index is 1.16. The zero-order chi connectivity index (χ0) is 24.9. The summed E-state index contributed by atoms with van der Waals surface area (Å²) in [6.07, 6.45) is 4.06. The molecule has 2 heterocycles. The van der Waals surface area contributed by atoms with Crippen LogP contribution in [0.2, 0.25) is 0 Å². The fourth-order valence-corrected chi connectivity index (χ4v) is 5.43. The molecule has 1 aromatic heterocycles. The van der Waals surface area contributed by atoms with E-state index < -0.39 is 12.0 Å². The quantitative estimate of drug-likeness (QED) is 0.414. The predicted molar refractivity (Wildman–Crippen MR) is 141 cm³/mol. The lowest BCUT2D eigenvalue weighted by atomic mass is 10.0. The van der Waals surface area contributed by atoms with E-state index >= 15 is 0 Å². The van der Waals surface area contributed by atoms with Gasteiger partial charge in [-0.3, -0.25) is 14.7 Å². The molecule has 3 aromatic rings. The summed E-state index contributed by atoms with van der Waals surface area (Å²) in [6.45, 7) is 3.27. The van der Waals surface area contributed by atoms with Crippen LogP contribution in [0.3, 0.4) is 0 Å². The first-order chi connectivity index (χ1) is 17.5. The second-order valence-corrected chi connectivity index (χ2v) is 9.96. The van der Waals surface area contributed by atoms with Crippen LogP contribution in [-0.4, -0.2) is 59.6 Å². The molecule has 186 valence electrons. The van der Waals surface area contributed by atoms with Gasteiger partial charge in [0.1, 0.15) is 12.0 Å². The number of para-hydroxylation sites is 1. The van der Waals surface area contributed by atoms with Crippen LogP contribution >= 0.6 is 11.9 Å². The molecule has 2 aliphatic rings. The van der Waals surface area contributed by atoms with Crippen LogP contribution in [0.1, 0.15) is 23.2 Å². The second kappa shape index (κ2) is 11.2. The third-order valence-electron chi connectivity index (χ3n) is 6.45. The zero-order valence-electron chi connectivity index (χ0n) is 19.9. The average molecular weight is 507 g/mol. The predicted octanol–water partition coefficient (Wildman–Crippen LogP) is 6.02. The van der Waals surface area contributed by atoms with Gasteiger partial charge < -0.3 is 9.62 Å². The van der Waals surface area contributed by atoms with Gasteiger partial charge in [0.05, 0.1) is 10.4 Å². The maximum atomic E-state index is 13.7. The zero-order valence-corrected chi connectivity index (χ0v) is 20.7. The highest BCUT2D eigenvalue weighted by Crippen LogP contribution is 2.28. The smallest absolute Gasteiger partial charge is 0.253 e. The molecule has 0 spiro atoms. The molecule has 1 N–H and O–H groups in total. The standard InChI is InChI=1S/C28H28F2N4OS/c29-23-16-20(17-24(30)18-23)19-33-12-3-13-34(15-14-33)28(35)22-7-9-25(10-8-22)32-36-26-6-1-4-21-5-2-11-31-27(21)26/h1-2,4-11,16,18,24,32H,3,12-15,17,19H2. The molecule has 1 aliphatic carbocycles. The van der Waals surface area contributed by atoms with E-state index in [-0.39, 0.29) is 12.3 Å². The van der Waals surface area contributed by atoms with E-state index in [9.17, 15) is 13.6 Å². The number of benzene rings is 2. The molecule has 5 nitrogen and oxygen atoms in total. The van der Waals surface area contributed by atoms with Crippen molar-refractivity contribution in [2.45, 2.75) is 23.9 Å². The highest BCUT2D eigenvalue weighted by Gasteiger charge is 2.22. The van der Waals surface area contributed by atoms with Crippen LogP contribution in [-0.2, 0) is 0 Å². The van der Waals surface area contributed by atoms with Gasteiger partial charge in [0, 0.05) is 62.0 Å². The molecule has 2 aromatic carbocycles. The van der Waals surface area contributed by atoms with Crippen molar-refractivity contribution in [3.05, 3.63) is 89.9 Å². The number of carbonyl (C=O) groups excluding carboxylic acids is 1. The molecule has 1 unspecified atom stereocenters. The number of allylic oxidation sites excluding steroid dienone is 3. The minimum atomic E-state index is -1.25. The highest BCUT2D eigenvalue weighted by atomic mass is 32.2. The Morgan fingerprint density at radius 2 is 1.89 bits per heavy atom. The number of hydrogen-bond acceptors (Lipinski definition) is 5. The van der Waals surface area contributed by atoms with Crippen molar-refractivity contribution in [2.24, 2.45) is 0 Å². The number of halogens is 2. The van der Waals surface area contributed by atoms with Crippen molar-refractivity contribution in [3.63, 3.8) is 0 Å². The Morgan fingerprint density at radius 1 is 1.06 bits per heavy atom. The summed E-state index contributed by atoms with van der Waals surface area (Å²) in [4.78, 5) is 22.7. The van der Waals surface area contributed by atoms with Crippen LogP contribution in [0.15, 0.2) is 89.2 Å². The molecule has 1 aliphatic heterocycles. The molecule has 8 heteroatoms. The van der Waals surface area contributed by atoms with Crippen molar-refractivity contribution in [1.29, 1.82) is 0 Å². The first-order valence-electron chi connectivity index (χ1n) is 12.1. The molecule has 1 saturated heterocycles. The van der Waals surface area contributed by atoms with Crippen LogP contribution in [0.4, 0.5) is 14.5 Å². The minimum absolute atomic E-state index is 0.00369. The van der Waals surface area contributed by atoms with Gasteiger partial charge in [0.2, 0.25) is 0 Å². The Kier molecular flexibility index (Phi) is 7.63. The monoisotopic (exact) mass is 506 g/mol. The average Bonchev–Trinajstić information content (AvgIpc) is 3.12. The van der Waals surface area contributed by atoms with E-state index in [0.29, 0.717) is 31.7 Å². The van der Waals surface area contributed by atoms with Crippen LogP contribution in [0.25, 0.3) is 10.9 Å². The fourth-order valence-electron chi connectivity index (χ4n) is 4.65. The molecule has 0 radical (unpaired) electrons. The molecule has 5 rings (SSSR count). The van der Waals surface area contributed by atoms with Crippen molar-refractivity contribution in [1.82, 2.24) is 14.8 Å². The van der Waals surface area contributed by atoms with E-state index in [0.717, 1.165) is 46.1 Å². The van der Waals surface area contributed by atoms with Crippen molar-refractivity contribution in [2.75, 3.05) is 37.4 Å². The number of anilines is 1. The summed E-state index contributed by atoms with van der Waals surface area (Å²) in [5, 5.41) is 1.09. The normalized spacial score (nSPS) is 18.9. The first kappa shape index (κ1) is 24.5. The van der Waals surface area contributed by atoms with Gasteiger partial charge in [-0.15, -0.1) is 0 Å². The topological polar surface area (TPSA) is 48.5 Å². The number of aromatic nitrogens is 1. The van der Waals surface area contributed by atoms with E-state index in [1.807, 2.05) is 59.5 Å². The van der Waals surface area contributed by atoms with Gasteiger partial charge in [-0.2, -0.15) is 0 Å².